The molecule has 4 rings (SSSR count). The van der Waals surface area contributed by atoms with Crippen molar-refractivity contribution in [3.63, 3.8) is 0 Å². The molecular formula is C26H32N4O6. The Bertz CT molecular complexity index is 1080. The van der Waals surface area contributed by atoms with E-state index in [-0.39, 0.29) is 11.3 Å². The summed E-state index contributed by atoms with van der Waals surface area (Å²) < 4.78 is 10.5. The molecule has 1 N–H and O–H groups in total. The number of rotatable bonds is 8. The first-order valence-corrected chi connectivity index (χ1v) is 12.3. The summed E-state index contributed by atoms with van der Waals surface area (Å²) in [6.07, 6.45) is 1.93. The first-order valence-electron chi connectivity index (χ1n) is 12.3. The van der Waals surface area contributed by atoms with Crippen molar-refractivity contribution < 1.29 is 24.0 Å². The third-order valence-electron chi connectivity index (χ3n) is 6.61. The lowest BCUT2D eigenvalue weighted by atomic mass is 9.98. The molecule has 0 unspecified atom stereocenters. The molecule has 0 spiro atoms. The van der Waals surface area contributed by atoms with E-state index in [4.69, 9.17) is 9.47 Å². The van der Waals surface area contributed by atoms with Gasteiger partial charge in [-0.3, -0.25) is 19.8 Å². The molecule has 192 valence electrons. The summed E-state index contributed by atoms with van der Waals surface area (Å²) in [4.78, 5) is 40.2. The van der Waals surface area contributed by atoms with Crippen LogP contribution in [-0.2, 0) is 20.8 Å². The SMILES string of the molecule is CC1CCN(c2ccc(C(=O)OCC(=O)Nc3ccc(CN4CCOCC4)cc3)cc2[N+](=O)[O-])CC1. The molecule has 2 aliphatic heterocycles. The molecular weight excluding hydrogens is 464 g/mol. The lowest BCUT2D eigenvalue weighted by molar-refractivity contribution is -0.384. The lowest BCUT2D eigenvalue weighted by Crippen LogP contribution is -2.35. The highest BCUT2D eigenvalue weighted by Gasteiger charge is 2.25. The van der Waals surface area contributed by atoms with Crippen LogP contribution in [0.2, 0.25) is 0 Å². The van der Waals surface area contributed by atoms with Gasteiger partial charge < -0.3 is 19.7 Å². The molecule has 1 amide bonds. The Labute approximate surface area is 210 Å². The second kappa shape index (κ2) is 12.0. The first-order chi connectivity index (χ1) is 17.4. The number of morpholine rings is 1. The van der Waals surface area contributed by atoms with Crippen LogP contribution in [0.5, 0.6) is 0 Å². The summed E-state index contributed by atoms with van der Waals surface area (Å²) in [7, 11) is 0. The number of piperidine rings is 1. The first kappa shape index (κ1) is 25.6. The van der Waals surface area contributed by atoms with Crippen molar-refractivity contribution in [2.75, 3.05) is 56.2 Å². The monoisotopic (exact) mass is 496 g/mol. The molecule has 10 nitrogen and oxygen atoms in total. The molecule has 2 aromatic carbocycles. The van der Waals surface area contributed by atoms with Crippen molar-refractivity contribution in [2.45, 2.75) is 26.3 Å². The smallest absolute Gasteiger partial charge is 0.338 e. The van der Waals surface area contributed by atoms with Crippen molar-refractivity contribution in [3.8, 4) is 0 Å². The molecule has 0 atom stereocenters. The summed E-state index contributed by atoms with van der Waals surface area (Å²) in [5, 5.41) is 14.4. The summed E-state index contributed by atoms with van der Waals surface area (Å²) in [5.41, 5.74) is 2.12. The molecule has 10 heteroatoms. The van der Waals surface area contributed by atoms with E-state index < -0.39 is 23.4 Å². The van der Waals surface area contributed by atoms with E-state index in [2.05, 4.69) is 17.1 Å². The molecule has 0 saturated carbocycles. The molecule has 0 bridgehead atoms. The average Bonchev–Trinajstić information content (AvgIpc) is 2.89. The van der Waals surface area contributed by atoms with Crippen molar-refractivity contribution in [3.05, 3.63) is 63.7 Å². The van der Waals surface area contributed by atoms with Gasteiger partial charge in [-0.15, -0.1) is 0 Å². The van der Waals surface area contributed by atoms with E-state index in [1.54, 1.807) is 18.2 Å². The lowest BCUT2D eigenvalue weighted by Gasteiger charge is -2.31. The van der Waals surface area contributed by atoms with Gasteiger partial charge in [0.15, 0.2) is 6.61 Å². The number of nitrogens with zero attached hydrogens (tertiary/aromatic N) is 3. The van der Waals surface area contributed by atoms with Gasteiger partial charge in [0.2, 0.25) is 0 Å². The number of nitrogens with one attached hydrogen (secondary N) is 1. The van der Waals surface area contributed by atoms with Gasteiger partial charge in [-0.1, -0.05) is 19.1 Å². The molecule has 2 heterocycles. The van der Waals surface area contributed by atoms with Crippen LogP contribution in [0.15, 0.2) is 42.5 Å². The maximum Gasteiger partial charge on any atom is 0.338 e. The van der Waals surface area contributed by atoms with E-state index in [1.807, 2.05) is 17.0 Å². The largest absolute Gasteiger partial charge is 0.452 e. The van der Waals surface area contributed by atoms with Crippen molar-refractivity contribution >= 4 is 28.9 Å². The van der Waals surface area contributed by atoms with Crippen LogP contribution in [0, 0.1) is 16.0 Å². The summed E-state index contributed by atoms with van der Waals surface area (Å²) in [6, 6.07) is 11.8. The quantitative estimate of drug-likeness (QED) is 0.336. The molecule has 2 aromatic rings. The highest BCUT2D eigenvalue weighted by atomic mass is 16.6. The minimum Gasteiger partial charge on any atom is -0.452 e. The van der Waals surface area contributed by atoms with Gasteiger partial charge in [-0.05, 0) is 48.6 Å². The number of carbonyl (C=O) groups excluding carboxylic acids is 2. The Morgan fingerprint density at radius 3 is 2.44 bits per heavy atom. The number of benzene rings is 2. The van der Waals surface area contributed by atoms with E-state index in [1.165, 1.54) is 12.1 Å². The van der Waals surface area contributed by atoms with Gasteiger partial charge in [0.05, 0.1) is 23.7 Å². The van der Waals surface area contributed by atoms with E-state index in [0.717, 1.165) is 64.3 Å². The Morgan fingerprint density at radius 1 is 1.08 bits per heavy atom. The molecule has 2 aliphatic rings. The minimum atomic E-state index is -0.784. The fourth-order valence-corrected chi connectivity index (χ4v) is 4.44. The maximum atomic E-state index is 12.5. The van der Waals surface area contributed by atoms with Crippen LogP contribution in [-0.4, -0.2) is 67.7 Å². The molecule has 2 fully saturated rings. The zero-order chi connectivity index (χ0) is 25.5. The number of esters is 1. The second-order valence-corrected chi connectivity index (χ2v) is 9.34. The average molecular weight is 497 g/mol. The number of anilines is 2. The Kier molecular flexibility index (Phi) is 8.50. The third kappa shape index (κ3) is 6.79. The van der Waals surface area contributed by atoms with Crippen LogP contribution < -0.4 is 10.2 Å². The highest BCUT2D eigenvalue weighted by Crippen LogP contribution is 2.32. The number of carbonyl (C=O) groups is 2. The summed E-state index contributed by atoms with van der Waals surface area (Å²) in [6.45, 7) is 7.23. The Hall–Kier alpha value is -3.50. The normalized spacial score (nSPS) is 17.0. The summed E-state index contributed by atoms with van der Waals surface area (Å²) in [5.74, 6) is -0.681. The maximum absolute atomic E-state index is 12.5. The van der Waals surface area contributed by atoms with Gasteiger partial charge in [-0.2, -0.15) is 0 Å². The third-order valence-corrected chi connectivity index (χ3v) is 6.61. The number of ether oxygens (including phenoxy) is 2. The predicted molar refractivity (Wildman–Crippen MR) is 135 cm³/mol. The van der Waals surface area contributed by atoms with Crippen LogP contribution in [0.25, 0.3) is 0 Å². The fraction of sp³-hybridized carbons (Fsp3) is 0.462. The van der Waals surface area contributed by atoms with Gasteiger partial charge >= 0.3 is 5.97 Å². The Morgan fingerprint density at radius 2 is 1.78 bits per heavy atom. The number of hydrogen-bond donors (Lipinski definition) is 1. The molecule has 0 radical (unpaired) electrons. The van der Waals surface area contributed by atoms with Crippen LogP contribution in [0.3, 0.4) is 0 Å². The van der Waals surface area contributed by atoms with Crippen molar-refractivity contribution in [1.82, 2.24) is 4.90 Å². The number of nitro groups is 1. The number of amides is 1. The molecule has 2 saturated heterocycles. The second-order valence-electron chi connectivity index (χ2n) is 9.34. The van der Waals surface area contributed by atoms with Crippen molar-refractivity contribution in [1.29, 1.82) is 0 Å². The van der Waals surface area contributed by atoms with E-state index in [9.17, 15) is 19.7 Å². The topological polar surface area (TPSA) is 114 Å². The zero-order valence-corrected chi connectivity index (χ0v) is 20.5. The zero-order valence-electron chi connectivity index (χ0n) is 20.5. The van der Waals surface area contributed by atoms with Gasteiger partial charge in [0, 0.05) is 44.5 Å². The number of nitro benzene ring substituents is 1. The van der Waals surface area contributed by atoms with Gasteiger partial charge in [0.25, 0.3) is 11.6 Å². The Balaban J connectivity index is 1.29. The fourth-order valence-electron chi connectivity index (χ4n) is 4.44. The van der Waals surface area contributed by atoms with Crippen LogP contribution in [0.4, 0.5) is 17.1 Å². The van der Waals surface area contributed by atoms with Gasteiger partial charge in [0.1, 0.15) is 5.69 Å². The number of hydrogen-bond acceptors (Lipinski definition) is 8. The predicted octanol–water partition coefficient (Wildman–Crippen LogP) is 3.46. The van der Waals surface area contributed by atoms with E-state index >= 15 is 0 Å². The van der Waals surface area contributed by atoms with Gasteiger partial charge in [-0.25, -0.2) is 4.79 Å². The molecule has 0 aliphatic carbocycles. The van der Waals surface area contributed by atoms with E-state index in [0.29, 0.717) is 17.3 Å². The van der Waals surface area contributed by atoms with Crippen LogP contribution in [0.1, 0.15) is 35.7 Å². The standard InChI is InChI=1S/C26H32N4O6/c1-19-8-10-29(11-9-19)23-7-4-21(16-24(23)30(33)34)26(32)36-18-25(31)27-22-5-2-20(3-6-22)17-28-12-14-35-15-13-28/h2-7,16,19H,8-15,17-18H2,1H3,(H,27,31). The minimum absolute atomic E-state index is 0.0380. The molecule has 36 heavy (non-hydrogen) atoms. The summed E-state index contributed by atoms with van der Waals surface area (Å²) >= 11 is 0. The van der Waals surface area contributed by atoms with Crippen LogP contribution >= 0.6 is 0 Å². The van der Waals surface area contributed by atoms with Crippen molar-refractivity contribution in [2.24, 2.45) is 5.92 Å². The molecule has 0 aromatic heterocycles. The highest BCUT2D eigenvalue weighted by molar-refractivity contribution is 5.96.